The van der Waals surface area contributed by atoms with Gasteiger partial charge >= 0.3 is 0 Å². The van der Waals surface area contributed by atoms with Crippen LogP contribution < -0.4 is 14.8 Å². The molecular formula is C20H24N2O3. The highest BCUT2D eigenvalue weighted by molar-refractivity contribution is 5.91. The molecule has 2 rings (SSSR count). The summed E-state index contributed by atoms with van der Waals surface area (Å²) in [5, 5.41) is 2.83. The highest BCUT2D eigenvalue weighted by Crippen LogP contribution is 2.29. The van der Waals surface area contributed by atoms with Crippen molar-refractivity contribution in [2.45, 2.75) is 33.4 Å². The largest absolute Gasteiger partial charge is 0.493 e. The van der Waals surface area contributed by atoms with Crippen molar-refractivity contribution in [3.63, 3.8) is 0 Å². The topological polar surface area (TPSA) is 60.5 Å². The van der Waals surface area contributed by atoms with E-state index in [1.54, 1.807) is 19.4 Å². The molecule has 0 aliphatic carbocycles. The zero-order valence-corrected chi connectivity index (χ0v) is 15.1. The summed E-state index contributed by atoms with van der Waals surface area (Å²) < 4.78 is 11.0. The van der Waals surface area contributed by atoms with E-state index in [0.29, 0.717) is 18.0 Å². The van der Waals surface area contributed by atoms with Gasteiger partial charge in [-0.15, -0.1) is 0 Å². The average molecular weight is 340 g/mol. The second-order valence-corrected chi connectivity index (χ2v) is 5.90. The number of nitrogens with one attached hydrogen (secondary N) is 1. The van der Waals surface area contributed by atoms with Crippen molar-refractivity contribution >= 4 is 12.0 Å². The predicted octanol–water partition coefficient (Wildman–Crippen LogP) is 3.52. The molecule has 0 radical (unpaired) electrons. The first-order valence-corrected chi connectivity index (χ1v) is 8.20. The Bertz CT molecular complexity index is 754. The molecule has 0 atom stereocenters. The van der Waals surface area contributed by atoms with Crippen molar-refractivity contribution < 1.29 is 14.3 Å². The number of methoxy groups -OCH3 is 1. The molecule has 0 spiro atoms. The molecule has 1 aromatic heterocycles. The van der Waals surface area contributed by atoms with Gasteiger partial charge < -0.3 is 14.8 Å². The van der Waals surface area contributed by atoms with Gasteiger partial charge in [0.15, 0.2) is 11.5 Å². The first kappa shape index (κ1) is 18.5. The maximum atomic E-state index is 12.0. The summed E-state index contributed by atoms with van der Waals surface area (Å²) in [6.07, 6.45) is 5.02. The van der Waals surface area contributed by atoms with Crippen LogP contribution in [0.4, 0.5) is 0 Å². The number of carbonyl (C=O) groups excluding carboxylic acids is 1. The van der Waals surface area contributed by atoms with Gasteiger partial charge in [-0.25, -0.2) is 0 Å². The van der Waals surface area contributed by atoms with Gasteiger partial charge in [0.05, 0.1) is 25.5 Å². The van der Waals surface area contributed by atoms with Crippen molar-refractivity contribution in [1.29, 1.82) is 0 Å². The maximum absolute atomic E-state index is 12.0. The summed E-state index contributed by atoms with van der Waals surface area (Å²) in [7, 11) is 1.60. The second kappa shape index (κ2) is 8.87. The van der Waals surface area contributed by atoms with E-state index in [4.69, 9.17) is 9.47 Å². The third kappa shape index (κ3) is 5.64. The number of benzene rings is 1. The summed E-state index contributed by atoms with van der Waals surface area (Å²) in [5.41, 5.74) is 2.77. The number of carbonyl (C=O) groups is 1. The lowest BCUT2D eigenvalue weighted by Crippen LogP contribution is -2.21. The van der Waals surface area contributed by atoms with Crippen molar-refractivity contribution in [2.24, 2.45) is 0 Å². The van der Waals surface area contributed by atoms with Gasteiger partial charge in [0.1, 0.15) is 0 Å². The van der Waals surface area contributed by atoms with Crippen LogP contribution in [0.2, 0.25) is 0 Å². The summed E-state index contributed by atoms with van der Waals surface area (Å²) in [4.78, 5) is 16.2. The molecule has 0 aliphatic rings. The molecule has 0 saturated heterocycles. The quantitative estimate of drug-likeness (QED) is 0.784. The molecule has 1 aromatic carbocycles. The molecule has 0 fully saturated rings. The molecule has 5 nitrogen and oxygen atoms in total. The van der Waals surface area contributed by atoms with Gasteiger partial charge in [-0.1, -0.05) is 12.1 Å². The lowest BCUT2D eigenvalue weighted by Gasteiger charge is -2.13. The molecule has 132 valence electrons. The third-order valence-electron chi connectivity index (χ3n) is 3.53. The number of aromatic nitrogens is 1. The molecule has 1 N–H and O–H groups in total. The Hall–Kier alpha value is -2.82. The molecule has 25 heavy (non-hydrogen) atoms. The normalized spacial score (nSPS) is 10.9. The number of nitrogens with zero attached hydrogens (tertiary/aromatic N) is 1. The van der Waals surface area contributed by atoms with E-state index < -0.39 is 0 Å². The minimum Gasteiger partial charge on any atom is -0.493 e. The van der Waals surface area contributed by atoms with Crippen LogP contribution in [0.5, 0.6) is 11.5 Å². The average Bonchev–Trinajstić information content (AvgIpc) is 2.59. The van der Waals surface area contributed by atoms with E-state index in [9.17, 15) is 4.79 Å². The van der Waals surface area contributed by atoms with Gasteiger partial charge in [-0.3, -0.25) is 9.78 Å². The number of rotatable bonds is 7. The smallest absolute Gasteiger partial charge is 0.244 e. The van der Waals surface area contributed by atoms with Crippen molar-refractivity contribution in [1.82, 2.24) is 10.3 Å². The molecule has 1 amide bonds. The molecule has 1 heterocycles. The molecular weight excluding hydrogens is 316 g/mol. The van der Waals surface area contributed by atoms with Crippen LogP contribution in [0, 0.1) is 6.92 Å². The SMILES string of the molecule is COc1cc(C=CC(=O)NCc2ncccc2C)ccc1OC(C)C. The Morgan fingerprint density at radius 1 is 1.28 bits per heavy atom. The third-order valence-corrected chi connectivity index (χ3v) is 3.53. The highest BCUT2D eigenvalue weighted by atomic mass is 16.5. The van der Waals surface area contributed by atoms with Crippen LogP contribution in [0.3, 0.4) is 0 Å². The van der Waals surface area contributed by atoms with Gasteiger partial charge in [-0.05, 0) is 56.2 Å². The van der Waals surface area contributed by atoms with Gasteiger partial charge in [0, 0.05) is 12.3 Å². The fourth-order valence-corrected chi connectivity index (χ4v) is 2.24. The molecule has 5 heteroatoms. The van der Waals surface area contributed by atoms with Crippen LogP contribution >= 0.6 is 0 Å². The number of amides is 1. The molecule has 0 bridgehead atoms. The Balaban J connectivity index is 1.98. The van der Waals surface area contributed by atoms with Crippen LogP contribution in [-0.2, 0) is 11.3 Å². The summed E-state index contributed by atoms with van der Waals surface area (Å²) in [6.45, 7) is 6.29. The fourth-order valence-electron chi connectivity index (χ4n) is 2.24. The van der Waals surface area contributed by atoms with E-state index in [2.05, 4.69) is 10.3 Å². The molecule has 0 unspecified atom stereocenters. The van der Waals surface area contributed by atoms with Crippen LogP contribution in [0.25, 0.3) is 6.08 Å². The summed E-state index contributed by atoms with van der Waals surface area (Å²) in [6, 6.07) is 9.41. The van der Waals surface area contributed by atoms with E-state index in [-0.39, 0.29) is 12.0 Å². The zero-order valence-electron chi connectivity index (χ0n) is 15.1. The molecule has 0 saturated carbocycles. The number of hydrogen-bond donors (Lipinski definition) is 1. The number of ether oxygens (including phenoxy) is 2. The highest BCUT2D eigenvalue weighted by Gasteiger charge is 2.07. The second-order valence-electron chi connectivity index (χ2n) is 5.90. The van der Waals surface area contributed by atoms with Crippen molar-refractivity contribution in [2.75, 3.05) is 7.11 Å². The van der Waals surface area contributed by atoms with Crippen molar-refractivity contribution in [3.8, 4) is 11.5 Å². The standard InChI is InChI=1S/C20H24N2O3/c1-14(2)25-18-9-7-16(12-19(18)24-4)8-10-20(23)22-13-17-15(3)6-5-11-21-17/h5-12,14H,13H2,1-4H3,(H,22,23). The van der Waals surface area contributed by atoms with E-state index in [1.165, 1.54) is 6.08 Å². The number of aryl methyl sites for hydroxylation is 1. The summed E-state index contributed by atoms with van der Waals surface area (Å²) >= 11 is 0. The van der Waals surface area contributed by atoms with Crippen molar-refractivity contribution in [3.05, 3.63) is 59.4 Å². The molecule has 2 aromatic rings. The Kier molecular flexibility index (Phi) is 6.57. The Labute approximate surface area is 148 Å². The van der Waals surface area contributed by atoms with Crippen LogP contribution in [0.1, 0.15) is 30.7 Å². The lowest BCUT2D eigenvalue weighted by molar-refractivity contribution is -0.116. The first-order valence-electron chi connectivity index (χ1n) is 8.20. The maximum Gasteiger partial charge on any atom is 0.244 e. The summed E-state index contributed by atoms with van der Waals surface area (Å²) in [5.74, 6) is 1.15. The minimum atomic E-state index is -0.175. The fraction of sp³-hybridized carbons (Fsp3) is 0.300. The Morgan fingerprint density at radius 2 is 2.08 bits per heavy atom. The lowest BCUT2D eigenvalue weighted by atomic mass is 10.2. The first-order chi connectivity index (χ1) is 12.0. The monoisotopic (exact) mass is 340 g/mol. The van der Waals surface area contributed by atoms with E-state index in [1.807, 2.05) is 51.1 Å². The minimum absolute atomic E-state index is 0.0659. The van der Waals surface area contributed by atoms with Crippen LogP contribution in [-0.4, -0.2) is 24.1 Å². The van der Waals surface area contributed by atoms with E-state index >= 15 is 0 Å². The van der Waals surface area contributed by atoms with Gasteiger partial charge in [0.2, 0.25) is 5.91 Å². The predicted molar refractivity (Wildman–Crippen MR) is 98.6 cm³/mol. The number of hydrogen-bond acceptors (Lipinski definition) is 4. The Morgan fingerprint density at radius 3 is 2.76 bits per heavy atom. The molecule has 0 aliphatic heterocycles. The van der Waals surface area contributed by atoms with Gasteiger partial charge in [0.25, 0.3) is 0 Å². The van der Waals surface area contributed by atoms with Crippen LogP contribution in [0.15, 0.2) is 42.6 Å². The number of pyridine rings is 1. The van der Waals surface area contributed by atoms with Gasteiger partial charge in [-0.2, -0.15) is 0 Å². The zero-order chi connectivity index (χ0) is 18.2. The van der Waals surface area contributed by atoms with E-state index in [0.717, 1.165) is 16.8 Å².